The number of hydrogen-bond donors (Lipinski definition) is 0. The van der Waals surface area contributed by atoms with Crippen molar-refractivity contribution < 1.29 is 4.74 Å². The summed E-state index contributed by atoms with van der Waals surface area (Å²) in [7, 11) is 1.62. The summed E-state index contributed by atoms with van der Waals surface area (Å²) in [5.41, 5.74) is 1.08. The van der Waals surface area contributed by atoms with E-state index in [1.807, 2.05) is 12.1 Å². The highest BCUT2D eigenvalue weighted by molar-refractivity contribution is 5.11. The van der Waals surface area contributed by atoms with Crippen LogP contribution in [0.25, 0.3) is 0 Å². The van der Waals surface area contributed by atoms with E-state index >= 15 is 0 Å². The van der Waals surface area contributed by atoms with Crippen molar-refractivity contribution in [3.63, 3.8) is 0 Å². The lowest BCUT2D eigenvalue weighted by Crippen LogP contribution is -2.36. The summed E-state index contributed by atoms with van der Waals surface area (Å²) in [4.78, 5) is 2.52. The van der Waals surface area contributed by atoms with Crippen molar-refractivity contribution >= 4 is 0 Å². The van der Waals surface area contributed by atoms with Gasteiger partial charge >= 0.3 is 0 Å². The molecule has 1 aromatic rings. The van der Waals surface area contributed by atoms with Crippen molar-refractivity contribution in [1.82, 2.24) is 15.1 Å². The largest absolute Gasteiger partial charge is 0.480 e. The first-order chi connectivity index (χ1) is 8.31. The van der Waals surface area contributed by atoms with E-state index in [-0.39, 0.29) is 0 Å². The molecule has 17 heavy (non-hydrogen) atoms. The van der Waals surface area contributed by atoms with Crippen molar-refractivity contribution in [3.05, 3.63) is 17.8 Å². The summed E-state index contributed by atoms with van der Waals surface area (Å²) >= 11 is 0. The number of hydrogen-bond acceptors (Lipinski definition) is 4. The van der Waals surface area contributed by atoms with Crippen LogP contribution in [-0.4, -0.2) is 41.8 Å². The molecule has 1 unspecified atom stereocenters. The van der Waals surface area contributed by atoms with Gasteiger partial charge in [-0.1, -0.05) is 6.92 Å². The third kappa shape index (κ3) is 3.40. The van der Waals surface area contributed by atoms with Crippen LogP contribution in [0.3, 0.4) is 0 Å². The summed E-state index contributed by atoms with van der Waals surface area (Å²) in [5, 5.41) is 8.22. The van der Waals surface area contributed by atoms with E-state index < -0.39 is 0 Å². The van der Waals surface area contributed by atoms with Gasteiger partial charge in [0, 0.05) is 12.6 Å². The molecule has 0 amide bonds. The molecule has 2 heterocycles. The summed E-state index contributed by atoms with van der Waals surface area (Å²) in [5.74, 6) is 1.32. The van der Waals surface area contributed by atoms with E-state index in [9.17, 15) is 0 Å². The summed E-state index contributed by atoms with van der Waals surface area (Å²) in [6.07, 6.45) is 3.65. The molecule has 0 aromatic carbocycles. The number of rotatable bonds is 4. The quantitative estimate of drug-likeness (QED) is 0.797. The second kappa shape index (κ2) is 5.96. The number of likely N-dealkylation sites (tertiary alicyclic amines) is 1. The van der Waals surface area contributed by atoms with E-state index in [0.717, 1.165) is 24.6 Å². The maximum atomic E-state index is 5.01. The van der Waals surface area contributed by atoms with E-state index in [4.69, 9.17) is 4.74 Å². The molecule has 0 radical (unpaired) electrons. The minimum absolute atomic E-state index is 0.590. The van der Waals surface area contributed by atoms with Crippen LogP contribution in [-0.2, 0) is 6.42 Å². The molecule has 94 valence electrons. The van der Waals surface area contributed by atoms with E-state index in [2.05, 4.69) is 22.0 Å². The van der Waals surface area contributed by atoms with Crippen molar-refractivity contribution in [2.24, 2.45) is 5.92 Å². The Morgan fingerprint density at radius 1 is 1.41 bits per heavy atom. The molecule has 1 saturated heterocycles. The average Bonchev–Trinajstić information content (AvgIpc) is 2.40. The van der Waals surface area contributed by atoms with Gasteiger partial charge in [-0.2, -0.15) is 5.10 Å². The van der Waals surface area contributed by atoms with Gasteiger partial charge in [0.05, 0.1) is 12.8 Å². The van der Waals surface area contributed by atoms with Crippen LogP contribution in [0.15, 0.2) is 12.1 Å². The van der Waals surface area contributed by atoms with Gasteiger partial charge in [-0.05, 0) is 44.3 Å². The van der Waals surface area contributed by atoms with Crippen LogP contribution in [0.2, 0.25) is 0 Å². The highest BCUT2D eigenvalue weighted by Crippen LogP contribution is 2.20. The van der Waals surface area contributed by atoms with Crippen LogP contribution in [0, 0.1) is 5.92 Å². The SMILES string of the molecule is CCN1CCCC(Cc2ccc(OC)nn2)C1. The standard InChI is InChI=1S/C13H21N3O/c1-3-16-8-4-5-11(10-16)9-12-6-7-13(17-2)15-14-12/h6-7,11H,3-5,8-10H2,1-2H3. The van der Waals surface area contributed by atoms with Crippen LogP contribution in [0.4, 0.5) is 0 Å². The first kappa shape index (κ1) is 12.3. The topological polar surface area (TPSA) is 38.2 Å². The van der Waals surface area contributed by atoms with Gasteiger partial charge in [0.15, 0.2) is 0 Å². The van der Waals surface area contributed by atoms with Crippen molar-refractivity contribution in [2.75, 3.05) is 26.7 Å². The normalized spacial score (nSPS) is 21.4. The fourth-order valence-corrected chi connectivity index (χ4v) is 2.47. The number of ether oxygens (including phenoxy) is 1. The van der Waals surface area contributed by atoms with Crippen LogP contribution in [0.1, 0.15) is 25.5 Å². The molecular weight excluding hydrogens is 214 g/mol. The van der Waals surface area contributed by atoms with Gasteiger partial charge in [0.1, 0.15) is 0 Å². The molecule has 0 saturated carbocycles. The molecule has 1 fully saturated rings. The summed E-state index contributed by atoms with van der Waals surface area (Å²) in [6.45, 7) is 5.84. The van der Waals surface area contributed by atoms with Gasteiger partial charge in [-0.25, -0.2) is 0 Å². The zero-order chi connectivity index (χ0) is 12.1. The van der Waals surface area contributed by atoms with Crippen molar-refractivity contribution in [2.45, 2.75) is 26.2 Å². The Kier molecular flexibility index (Phi) is 4.31. The number of piperidine rings is 1. The summed E-state index contributed by atoms with van der Waals surface area (Å²) in [6, 6.07) is 3.92. The van der Waals surface area contributed by atoms with Crippen LogP contribution in [0.5, 0.6) is 5.88 Å². The van der Waals surface area contributed by atoms with E-state index in [0.29, 0.717) is 5.88 Å². The Morgan fingerprint density at radius 2 is 2.29 bits per heavy atom. The highest BCUT2D eigenvalue weighted by Gasteiger charge is 2.19. The first-order valence-corrected chi connectivity index (χ1v) is 6.40. The number of nitrogens with zero attached hydrogens (tertiary/aromatic N) is 3. The van der Waals surface area contributed by atoms with Gasteiger partial charge in [0.25, 0.3) is 0 Å². The van der Waals surface area contributed by atoms with Crippen LogP contribution < -0.4 is 4.74 Å². The Hall–Kier alpha value is -1.16. The molecule has 1 aliphatic heterocycles. The fraction of sp³-hybridized carbons (Fsp3) is 0.692. The zero-order valence-electron chi connectivity index (χ0n) is 10.7. The molecule has 1 aromatic heterocycles. The molecule has 4 nitrogen and oxygen atoms in total. The second-order valence-corrected chi connectivity index (χ2v) is 4.67. The monoisotopic (exact) mass is 235 g/mol. The lowest BCUT2D eigenvalue weighted by atomic mass is 9.93. The number of aromatic nitrogens is 2. The maximum Gasteiger partial charge on any atom is 0.233 e. The van der Waals surface area contributed by atoms with Crippen molar-refractivity contribution in [1.29, 1.82) is 0 Å². The van der Waals surface area contributed by atoms with Gasteiger partial charge in [-0.3, -0.25) is 0 Å². The Bertz CT molecular complexity index is 339. The average molecular weight is 235 g/mol. The highest BCUT2D eigenvalue weighted by atomic mass is 16.5. The third-order valence-corrected chi connectivity index (χ3v) is 3.45. The zero-order valence-corrected chi connectivity index (χ0v) is 10.7. The van der Waals surface area contributed by atoms with Gasteiger partial charge < -0.3 is 9.64 Å². The molecule has 1 aliphatic rings. The maximum absolute atomic E-state index is 5.01. The van der Waals surface area contributed by atoms with Crippen LogP contribution >= 0.6 is 0 Å². The predicted molar refractivity (Wildman–Crippen MR) is 67.1 cm³/mol. The second-order valence-electron chi connectivity index (χ2n) is 4.67. The van der Waals surface area contributed by atoms with Crippen molar-refractivity contribution in [3.8, 4) is 5.88 Å². The minimum Gasteiger partial charge on any atom is -0.480 e. The molecule has 1 atom stereocenters. The fourth-order valence-electron chi connectivity index (χ4n) is 2.47. The Balaban J connectivity index is 1.90. The molecule has 2 rings (SSSR count). The molecule has 0 spiro atoms. The lowest BCUT2D eigenvalue weighted by Gasteiger charge is -2.31. The molecule has 4 heteroatoms. The predicted octanol–water partition coefficient (Wildman–Crippen LogP) is 1.76. The molecular formula is C13H21N3O. The lowest BCUT2D eigenvalue weighted by molar-refractivity contribution is 0.181. The Morgan fingerprint density at radius 3 is 2.94 bits per heavy atom. The van der Waals surface area contributed by atoms with Gasteiger partial charge in [-0.15, -0.1) is 5.10 Å². The smallest absolute Gasteiger partial charge is 0.233 e. The number of methoxy groups -OCH3 is 1. The van der Waals surface area contributed by atoms with E-state index in [1.54, 1.807) is 7.11 Å². The van der Waals surface area contributed by atoms with Gasteiger partial charge in [0.2, 0.25) is 5.88 Å². The first-order valence-electron chi connectivity index (χ1n) is 6.40. The third-order valence-electron chi connectivity index (χ3n) is 3.45. The van der Waals surface area contributed by atoms with E-state index in [1.165, 1.54) is 25.9 Å². The Labute approximate surface area is 103 Å². The molecule has 0 aliphatic carbocycles. The molecule has 0 N–H and O–H groups in total. The summed E-state index contributed by atoms with van der Waals surface area (Å²) < 4.78 is 5.01. The molecule has 0 bridgehead atoms. The minimum atomic E-state index is 0.590.